The molecule has 0 heterocycles. The van der Waals surface area contributed by atoms with Gasteiger partial charge in [-0.25, -0.2) is 4.79 Å². The largest absolute Gasteiger partial charge is 0.478 e. The molecule has 0 saturated carbocycles. The molecule has 0 atom stereocenters. The van der Waals surface area contributed by atoms with Crippen molar-refractivity contribution in [3.63, 3.8) is 0 Å². The molecule has 0 aromatic heterocycles. The third-order valence-corrected chi connectivity index (χ3v) is 2.56. The third kappa shape index (κ3) is 4.11. The maximum absolute atomic E-state index is 11.3. The lowest BCUT2D eigenvalue weighted by Crippen LogP contribution is -2.20. The Hall–Kier alpha value is -1.79. The van der Waals surface area contributed by atoms with Gasteiger partial charge in [-0.15, -0.1) is 23.2 Å². The highest BCUT2D eigenvalue weighted by Crippen LogP contribution is 2.26. The van der Waals surface area contributed by atoms with Crippen LogP contribution in [-0.2, 0) is 9.59 Å². The Morgan fingerprint density at radius 2 is 1.63 bits per heavy atom. The summed E-state index contributed by atoms with van der Waals surface area (Å²) in [6.07, 6.45) is 0. The standard InChI is InChI=1S/C11H10Cl2N2O4/c12-4-8(16)14-7-3-1-2-6(11(18)19)10(7)15-9(17)5-13/h1-3H,4-5H2,(H,14,16)(H,15,17)(H,18,19). The van der Waals surface area contributed by atoms with E-state index >= 15 is 0 Å². The second-order valence-electron chi connectivity index (χ2n) is 3.40. The monoisotopic (exact) mass is 304 g/mol. The van der Waals surface area contributed by atoms with Crippen LogP contribution >= 0.6 is 23.2 Å². The second-order valence-corrected chi connectivity index (χ2v) is 3.93. The number of anilines is 2. The van der Waals surface area contributed by atoms with Crippen molar-refractivity contribution in [1.82, 2.24) is 0 Å². The summed E-state index contributed by atoms with van der Waals surface area (Å²) < 4.78 is 0. The zero-order valence-electron chi connectivity index (χ0n) is 9.57. The summed E-state index contributed by atoms with van der Waals surface area (Å²) >= 11 is 10.7. The first-order chi connectivity index (χ1) is 8.99. The molecule has 6 nitrogen and oxygen atoms in total. The van der Waals surface area contributed by atoms with Crippen molar-refractivity contribution in [3.05, 3.63) is 23.8 Å². The summed E-state index contributed by atoms with van der Waals surface area (Å²) in [5, 5.41) is 13.8. The van der Waals surface area contributed by atoms with Gasteiger partial charge in [0.25, 0.3) is 0 Å². The number of alkyl halides is 2. The fourth-order valence-corrected chi connectivity index (χ4v) is 1.46. The van der Waals surface area contributed by atoms with Crippen molar-refractivity contribution in [2.45, 2.75) is 0 Å². The van der Waals surface area contributed by atoms with Gasteiger partial charge in [-0.1, -0.05) is 6.07 Å². The number of hydrogen-bond donors (Lipinski definition) is 3. The molecular weight excluding hydrogens is 295 g/mol. The van der Waals surface area contributed by atoms with Gasteiger partial charge >= 0.3 is 5.97 Å². The first-order valence-electron chi connectivity index (χ1n) is 5.07. The molecule has 0 saturated heterocycles. The highest BCUT2D eigenvalue weighted by atomic mass is 35.5. The fourth-order valence-electron chi connectivity index (χ4n) is 1.33. The van der Waals surface area contributed by atoms with E-state index in [1.54, 1.807) is 0 Å². The van der Waals surface area contributed by atoms with E-state index in [4.69, 9.17) is 28.3 Å². The van der Waals surface area contributed by atoms with Crippen LogP contribution < -0.4 is 10.6 Å². The Morgan fingerprint density at radius 1 is 1.05 bits per heavy atom. The Balaban J connectivity index is 3.21. The minimum absolute atomic E-state index is 0.0286. The SMILES string of the molecule is O=C(CCl)Nc1cccc(C(=O)O)c1NC(=O)CCl. The Kier molecular flexibility index (Phi) is 5.59. The van der Waals surface area contributed by atoms with E-state index in [1.807, 2.05) is 0 Å². The normalized spacial score (nSPS) is 9.79. The molecule has 1 rings (SSSR count). The van der Waals surface area contributed by atoms with Gasteiger partial charge in [0.05, 0.1) is 16.9 Å². The highest BCUT2D eigenvalue weighted by Gasteiger charge is 2.17. The molecule has 0 aliphatic heterocycles. The molecule has 0 fully saturated rings. The minimum atomic E-state index is -1.24. The number of para-hydroxylation sites is 1. The first kappa shape index (κ1) is 15.3. The van der Waals surface area contributed by atoms with Crippen LogP contribution in [0, 0.1) is 0 Å². The summed E-state index contributed by atoms with van der Waals surface area (Å²) in [6, 6.07) is 4.17. The van der Waals surface area contributed by atoms with E-state index in [0.717, 1.165) is 0 Å². The second kappa shape index (κ2) is 6.96. The van der Waals surface area contributed by atoms with E-state index in [-0.39, 0.29) is 28.7 Å². The average Bonchev–Trinajstić information content (AvgIpc) is 2.39. The van der Waals surface area contributed by atoms with Gasteiger partial charge < -0.3 is 15.7 Å². The number of benzene rings is 1. The number of rotatable bonds is 5. The van der Waals surface area contributed by atoms with Crippen molar-refractivity contribution in [3.8, 4) is 0 Å². The molecule has 0 radical (unpaired) electrons. The predicted molar refractivity (Wildman–Crippen MR) is 72.1 cm³/mol. The molecule has 3 N–H and O–H groups in total. The lowest BCUT2D eigenvalue weighted by Gasteiger charge is -2.13. The Morgan fingerprint density at radius 3 is 2.16 bits per heavy atom. The molecule has 0 aliphatic rings. The zero-order valence-corrected chi connectivity index (χ0v) is 11.1. The van der Waals surface area contributed by atoms with Gasteiger partial charge in [-0.2, -0.15) is 0 Å². The summed E-state index contributed by atoms with van der Waals surface area (Å²) in [4.78, 5) is 33.6. The highest BCUT2D eigenvalue weighted by molar-refractivity contribution is 6.30. The summed E-state index contributed by atoms with van der Waals surface area (Å²) in [5.41, 5.74) is -0.0472. The van der Waals surface area contributed by atoms with E-state index in [0.29, 0.717) is 0 Å². The molecule has 0 aliphatic carbocycles. The average molecular weight is 305 g/mol. The van der Waals surface area contributed by atoms with Crippen molar-refractivity contribution < 1.29 is 19.5 Å². The van der Waals surface area contributed by atoms with E-state index in [2.05, 4.69) is 10.6 Å². The van der Waals surface area contributed by atoms with Crippen LogP contribution in [0.5, 0.6) is 0 Å². The van der Waals surface area contributed by atoms with E-state index in [1.165, 1.54) is 18.2 Å². The van der Waals surface area contributed by atoms with Crippen LogP contribution in [0.3, 0.4) is 0 Å². The summed E-state index contributed by atoms with van der Waals surface area (Å²) in [7, 11) is 0. The topological polar surface area (TPSA) is 95.5 Å². The van der Waals surface area contributed by atoms with Gasteiger partial charge in [0.1, 0.15) is 11.8 Å². The maximum atomic E-state index is 11.3. The van der Waals surface area contributed by atoms with E-state index < -0.39 is 17.8 Å². The molecular formula is C11H10Cl2N2O4. The van der Waals surface area contributed by atoms with Gasteiger partial charge in [-0.3, -0.25) is 9.59 Å². The molecule has 102 valence electrons. The summed E-state index contributed by atoms with van der Waals surface area (Å²) in [5.74, 6) is -2.98. The molecule has 8 heteroatoms. The molecule has 19 heavy (non-hydrogen) atoms. The van der Waals surface area contributed by atoms with Crippen LogP contribution in [0.4, 0.5) is 11.4 Å². The molecule has 0 unspecified atom stereocenters. The molecule has 1 aromatic carbocycles. The van der Waals surface area contributed by atoms with Crippen molar-refractivity contribution >= 4 is 52.4 Å². The fraction of sp³-hybridized carbons (Fsp3) is 0.182. The van der Waals surface area contributed by atoms with Gasteiger partial charge in [0.15, 0.2) is 0 Å². The Labute approximate surface area is 118 Å². The van der Waals surface area contributed by atoms with Gasteiger partial charge in [-0.05, 0) is 12.1 Å². The quantitative estimate of drug-likeness (QED) is 0.722. The molecule has 1 aromatic rings. The smallest absolute Gasteiger partial charge is 0.337 e. The van der Waals surface area contributed by atoms with Crippen molar-refractivity contribution in [1.29, 1.82) is 0 Å². The predicted octanol–water partition coefficient (Wildman–Crippen LogP) is 1.74. The molecule has 0 bridgehead atoms. The lowest BCUT2D eigenvalue weighted by atomic mass is 10.1. The van der Waals surface area contributed by atoms with Crippen molar-refractivity contribution in [2.24, 2.45) is 0 Å². The number of carbonyl (C=O) groups is 3. The van der Waals surface area contributed by atoms with Crippen LogP contribution in [0.15, 0.2) is 18.2 Å². The number of nitrogens with one attached hydrogen (secondary N) is 2. The van der Waals surface area contributed by atoms with Crippen LogP contribution in [-0.4, -0.2) is 34.7 Å². The van der Waals surface area contributed by atoms with Gasteiger partial charge in [0, 0.05) is 0 Å². The maximum Gasteiger partial charge on any atom is 0.337 e. The van der Waals surface area contributed by atoms with Crippen LogP contribution in [0.2, 0.25) is 0 Å². The number of carboxylic acid groups (broad SMARTS) is 1. The van der Waals surface area contributed by atoms with Crippen LogP contribution in [0.25, 0.3) is 0 Å². The van der Waals surface area contributed by atoms with Crippen molar-refractivity contribution in [2.75, 3.05) is 22.4 Å². The van der Waals surface area contributed by atoms with E-state index in [9.17, 15) is 14.4 Å². The number of hydrogen-bond acceptors (Lipinski definition) is 3. The number of amides is 2. The Bertz CT molecular complexity index is 519. The third-order valence-electron chi connectivity index (χ3n) is 2.08. The number of carboxylic acids is 1. The molecule has 0 spiro atoms. The first-order valence-corrected chi connectivity index (χ1v) is 6.14. The number of halogens is 2. The summed E-state index contributed by atoms with van der Waals surface area (Å²) in [6.45, 7) is 0. The number of aromatic carboxylic acids is 1. The number of carbonyl (C=O) groups excluding carboxylic acids is 2. The van der Waals surface area contributed by atoms with Crippen LogP contribution in [0.1, 0.15) is 10.4 Å². The van der Waals surface area contributed by atoms with Gasteiger partial charge in [0.2, 0.25) is 11.8 Å². The lowest BCUT2D eigenvalue weighted by molar-refractivity contribution is -0.114. The minimum Gasteiger partial charge on any atom is -0.478 e. The zero-order chi connectivity index (χ0) is 14.4. The molecule has 2 amide bonds.